The van der Waals surface area contributed by atoms with Crippen LogP contribution < -0.4 is 11.5 Å². The molecule has 0 rings (SSSR count). The van der Waals surface area contributed by atoms with Crippen molar-refractivity contribution < 1.29 is 0 Å². The van der Waals surface area contributed by atoms with Crippen molar-refractivity contribution in [2.24, 2.45) is 16.5 Å². The standard InChI is InChI=1S/C7H13N3/c1-5(2)4-6(8)7(9)10-3/h4H,3,8-9H2,1-2H3/b7-6+. The molecule has 0 unspecified atom stereocenters. The van der Waals surface area contributed by atoms with Crippen LogP contribution in [0.2, 0.25) is 0 Å². The molecule has 0 saturated carbocycles. The molecule has 0 heterocycles. The van der Waals surface area contributed by atoms with Gasteiger partial charge in [0.2, 0.25) is 0 Å². The number of hydrogen-bond acceptors (Lipinski definition) is 3. The topological polar surface area (TPSA) is 64.4 Å². The highest BCUT2D eigenvalue weighted by molar-refractivity contribution is 5.32. The molecule has 0 fully saturated rings. The van der Waals surface area contributed by atoms with E-state index in [0.29, 0.717) is 5.70 Å². The van der Waals surface area contributed by atoms with Crippen LogP contribution in [0, 0.1) is 0 Å². The molecule has 3 nitrogen and oxygen atoms in total. The van der Waals surface area contributed by atoms with E-state index in [-0.39, 0.29) is 5.82 Å². The second kappa shape index (κ2) is 3.71. The van der Waals surface area contributed by atoms with Crippen molar-refractivity contribution >= 4 is 6.72 Å². The summed E-state index contributed by atoms with van der Waals surface area (Å²) in [5.41, 5.74) is 12.4. The molecule has 0 aromatic heterocycles. The molecule has 0 aromatic rings. The summed E-state index contributed by atoms with van der Waals surface area (Å²) in [6, 6.07) is 0. The molecule has 0 aliphatic carbocycles. The summed E-state index contributed by atoms with van der Waals surface area (Å²) < 4.78 is 0. The minimum atomic E-state index is 0.279. The zero-order valence-electron chi connectivity index (χ0n) is 6.39. The molecule has 0 aliphatic rings. The van der Waals surface area contributed by atoms with Gasteiger partial charge in [-0.05, 0) is 26.6 Å². The highest BCUT2D eigenvalue weighted by atomic mass is 14.9. The summed E-state index contributed by atoms with van der Waals surface area (Å²) >= 11 is 0. The summed E-state index contributed by atoms with van der Waals surface area (Å²) in [7, 11) is 0. The van der Waals surface area contributed by atoms with Crippen LogP contribution in [0.1, 0.15) is 13.8 Å². The third-order valence-corrected chi connectivity index (χ3v) is 0.910. The lowest BCUT2D eigenvalue weighted by Gasteiger charge is -1.96. The van der Waals surface area contributed by atoms with Gasteiger partial charge in [-0.15, -0.1) is 0 Å². The molecule has 0 aromatic carbocycles. The van der Waals surface area contributed by atoms with Crippen LogP contribution in [0.5, 0.6) is 0 Å². The van der Waals surface area contributed by atoms with Crippen LogP contribution in [0.3, 0.4) is 0 Å². The molecule has 0 spiro atoms. The maximum absolute atomic E-state index is 5.47. The Hall–Kier alpha value is -1.25. The zero-order valence-corrected chi connectivity index (χ0v) is 6.39. The zero-order chi connectivity index (χ0) is 8.15. The SMILES string of the molecule is C=N/C(N)=C(/N)C=C(C)C. The molecule has 0 saturated heterocycles. The van der Waals surface area contributed by atoms with Crippen LogP contribution in [0.15, 0.2) is 28.2 Å². The summed E-state index contributed by atoms with van der Waals surface area (Å²) in [6.07, 6.45) is 1.75. The van der Waals surface area contributed by atoms with E-state index in [0.717, 1.165) is 5.57 Å². The number of nitrogens with two attached hydrogens (primary N) is 2. The van der Waals surface area contributed by atoms with Gasteiger partial charge in [0.05, 0.1) is 5.70 Å². The highest BCUT2D eigenvalue weighted by Gasteiger charge is 1.89. The average molecular weight is 139 g/mol. The van der Waals surface area contributed by atoms with E-state index in [4.69, 9.17) is 11.5 Å². The van der Waals surface area contributed by atoms with Gasteiger partial charge in [-0.25, -0.2) is 4.99 Å². The Morgan fingerprint density at radius 3 is 2.20 bits per heavy atom. The Bertz CT molecular complexity index is 185. The first kappa shape index (κ1) is 8.75. The van der Waals surface area contributed by atoms with Gasteiger partial charge in [-0.2, -0.15) is 0 Å². The minimum Gasteiger partial charge on any atom is -0.396 e. The van der Waals surface area contributed by atoms with Crippen molar-refractivity contribution in [3.05, 3.63) is 23.2 Å². The Balaban J connectivity index is 4.48. The third kappa shape index (κ3) is 2.91. The van der Waals surface area contributed by atoms with Crippen molar-refractivity contribution in [1.82, 2.24) is 0 Å². The molecule has 56 valence electrons. The molecule has 10 heavy (non-hydrogen) atoms. The highest BCUT2D eigenvalue weighted by Crippen LogP contribution is 1.98. The second-order valence-electron chi connectivity index (χ2n) is 2.22. The fraction of sp³-hybridized carbons (Fsp3) is 0.286. The predicted molar refractivity (Wildman–Crippen MR) is 44.4 cm³/mol. The summed E-state index contributed by atoms with van der Waals surface area (Å²) in [6.45, 7) is 7.11. The number of rotatable bonds is 2. The van der Waals surface area contributed by atoms with E-state index in [1.54, 1.807) is 6.08 Å². The maximum atomic E-state index is 5.47. The van der Waals surface area contributed by atoms with Gasteiger partial charge in [0.25, 0.3) is 0 Å². The number of allylic oxidation sites excluding steroid dienone is 2. The van der Waals surface area contributed by atoms with Crippen LogP contribution in [-0.2, 0) is 0 Å². The first-order valence-electron chi connectivity index (χ1n) is 2.94. The summed E-state index contributed by atoms with van der Waals surface area (Å²) in [5.74, 6) is 0.279. The molecule has 0 bridgehead atoms. The number of nitrogens with zero attached hydrogens (tertiary/aromatic N) is 1. The lowest BCUT2D eigenvalue weighted by molar-refractivity contribution is 1.16. The van der Waals surface area contributed by atoms with Gasteiger partial charge >= 0.3 is 0 Å². The van der Waals surface area contributed by atoms with Gasteiger partial charge in [0.15, 0.2) is 0 Å². The van der Waals surface area contributed by atoms with Crippen molar-refractivity contribution in [3.8, 4) is 0 Å². The van der Waals surface area contributed by atoms with Gasteiger partial charge < -0.3 is 11.5 Å². The fourth-order valence-electron chi connectivity index (χ4n) is 0.476. The first-order chi connectivity index (χ1) is 4.57. The van der Waals surface area contributed by atoms with Crippen molar-refractivity contribution in [2.75, 3.05) is 0 Å². The quantitative estimate of drug-likeness (QED) is 0.437. The Morgan fingerprint density at radius 1 is 1.40 bits per heavy atom. The lowest BCUT2D eigenvalue weighted by atomic mass is 10.3. The Morgan fingerprint density at radius 2 is 1.90 bits per heavy atom. The van der Waals surface area contributed by atoms with Crippen LogP contribution in [0.25, 0.3) is 0 Å². The van der Waals surface area contributed by atoms with Crippen LogP contribution >= 0.6 is 0 Å². The van der Waals surface area contributed by atoms with E-state index < -0.39 is 0 Å². The Kier molecular flexibility index (Phi) is 3.25. The molecule has 0 atom stereocenters. The van der Waals surface area contributed by atoms with E-state index in [1.807, 2.05) is 13.8 Å². The van der Waals surface area contributed by atoms with Gasteiger partial charge in [-0.3, -0.25) is 0 Å². The molecular formula is C7H13N3. The van der Waals surface area contributed by atoms with Gasteiger partial charge in [0.1, 0.15) is 5.82 Å². The summed E-state index contributed by atoms with van der Waals surface area (Å²) in [5, 5.41) is 0. The van der Waals surface area contributed by atoms with E-state index in [2.05, 4.69) is 11.7 Å². The van der Waals surface area contributed by atoms with Gasteiger partial charge in [-0.1, -0.05) is 5.57 Å². The van der Waals surface area contributed by atoms with E-state index in [9.17, 15) is 0 Å². The first-order valence-corrected chi connectivity index (χ1v) is 2.94. The second-order valence-corrected chi connectivity index (χ2v) is 2.22. The van der Waals surface area contributed by atoms with E-state index in [1.165, 1.54) is 0 Å². The maximum Gasteiger partial charge on any atom is 0.145 e. The smallest absolute Gasteiger partial charge is 0.145 e. The normalized spacial score (nSPS) is 11.8. The van der Waals surface area contributed by atoms with Crippen LogP contribution in [-0.4, -0.2) is 6.72 Å². The molecule has 0 radical (unpaired) electrons. The average Bonchev–Trinajstić information content (AvgIpc) is 1.85. The van der Waals surface area contributed by atoms with Crippen molar-refractivity contribution in [2.45, 2.75) is 13.8 Å². The largest absolute Gasteiger partial charge is 0.396 e. The summed E-state index contributed by atoms with van der Waals surface area (Å²) in [4.78, 5) is 3.48. The number of hydrogen-bond donors (Lipinski definition) is 2. The molecular weight excluding hydrogens is 126 g/mol. The lowest BCUT2D eigenvalue weighted by Crippen LogP contribution is -2.05. The molecule has 0 aliphatic heterocycles. The Labute approximate surface area is 61.1 Å². The predicted octanol–water partition coefficient (Wildman–Crippen LogP) is 0.740. The molecule has 0 amide bonds. The number of aliphatic imine (C=N–C) groups is 1. The molecule has 4 N–H and O–H groups in total. The van der Waals surface area contributed by atoms with Crippen molar-refractivity contribution in [1.29, 1.82) is 0 Å². The van der Waals surface area contributed by atoms with Crippen molar-refractivity contribution in [3.63, 3.8) is 0 Å². The fourth-order valence-corrected chi connectivity index (χ4v) is 0.476. The minimum absolute atomic E-state index is 0.279. The van der Waals surface area contributed by atoms with E-state index >= 15 is 0 Å². The van der Waals surface area contributed by atoms with Gasteiger partial charge in [0, 0.05) is 0 Å². The monoisotopic (exact) mass is 139 g/mol. The third-order valence-electron chi connectivity index (χ3n) is 0.910. The molecule has 3 heteroatoms. The van der Waals surface area contributed by atoms with Crippen LogP contribution in [0.4, 0.5) is 0 Å².